The normalized spacial score (nSPS) is 15.7. The van der Waals surface area contributed by atoms with Gasteiger partial charge in [0.25, 0.3) is 5.91 Å². The van der Waals surface area contributed by atoms with E-state index in [0.717, 1.165) is 28.1 Å². The van der Waals surface area contributed by atoms with Gasteiger partial charge in [0.15, 0.2) is 0 Å². The van der Waals surface area contributed by atoms with Gasteiger partial charge in [-0.15, -0.1) is 0 Å². The van der Waals surface area contributed by atoms with E-state index in [-0.39, 0.29) is 11.9 Å². The number of benzene rings is 3. The lowest BCUT2D eigenvalue weighted by atomic mass is 9.95. The number of para-hydroxylation sites is 1. The number of carbonyl (C=O) groups is 1. The van der Waals surface area contributed by atoms with Crippen molar-refractivity contribution in [2.24, 2.45) is 0 Å². The maximum Gasteiger partial charge on any atom is 0.277 e. The molecule has 28 heavy (non-hydrogen) atoms. The number of aryl methyl sites for hydroxylation is 1. The van der Waals surface area contributed by atoms with Crippen LogP contribution in [-0.4, -0.2) is 16.1 Å². The first-order valence-corrected chi connectivity index (χ1v) is 9.33. The number of anilines is 1. The van der Waals surface area contributed by atoms with Crippen molar-refractivity contribution in [1.82, 2.24) is 10.2 Å². The molecule has 2 heterocycles. The van der Waals surface area contributed by atoms with Gasteiger partial charge in [0.2, 0.25) is 0 Å². The highest BCUT2D eigenvalue weighted by Crippen LogP contribution is 2.44. The molecule has 0 radical (unpaired) electrons. The summed E-state index contributed by atoms with van der Waals surface area (Å²) in [5, 5.41) is 7.53. The van der Waals surface area contributed by atoms with Gasteiger partial charge in [0.1, 0.15) is 5.69 Å². The predicted octanol–water partition coefficient (Wildman–Crippen LogP) is 5.13. The number of hydrogen-bond acceptors (Lipinski definition) is 2. The summed E-state index contributed by atoms with van der Waals surface area (Å²) in [5.74, 6) is -0.0547. The Morgan fingerprint density at radius 2 is 1.50 bits per heavy atom. The lowest BCUT2D eigenvalue weighted by molar-refractivity contribution is 0.0989. The van der Waals surface area contributed by atoms with Gasteiger partial charge >= 0.3 is 0 Å². The largest absolute Gasteiger partial charge is 0.295 e. The van der Waals surface area contributed by atoms with Crippen molar-refractivity contribution in [3.63, 3.8) is 0 Å². The van der Waals surface area contributed by atoms with Crippen molar-refractivity contribution >= 4 is 11.6 Å². The number of nitrogens with one attached hydrogen (secondary N) is 1. The Bertz CT molecular complexity index is 1130. The lowest BCUT2D eigenvalue weighted by Crippen LogP contribution is -2.29. The number of amides is 1. The summed E-state index contributed by atoms with van der Waals surface area (Å²) in [5.41, 5.74) is 6.46. The molecule has 1 aliphatic heterocycles. The number of carbonyl (C=O) groups excluding carboxylic acids is 1. The first kappa shape index (κ1) is 16.5. The fourth-order valence-electron chi connectivity index (χ4n) is 3.88. The first-order chi connectivity index (χ1) is 13.7. The second-order valence-corrected chi connectivity index (χ2v) is 7.05. The maximum atomic E-state index is 13.3. The molecule has 4 aromatic rings. The summed E-state index contributed by atoms with van der Waals surface area (Å²) >= 11 is 0. The second-order valence-electron chi connectivity index (χ2n) is 7.05. The number of H-pyrrole nitrogens is 1. The maximum absolute atomic E-state index is 13.3. The van der Waals surface area contributed by atoms with Crippen LogP contribution in [0.3, 0.4) is 0 Å². The highest BCUT2D eigenvalue weighted by molar-refractivity contribution is 6.11. The summed E-state index contributed by atoms with van der Waals surface area (Å²) in [6.07, 6.45) is 0. The van der Waals surface area contributed by atoms with Gasteiger partial charge in [-0.2, -0.15) is 5.10 Å². The Kier molecular flexibility index (Phi) is 3.83. The molecule has 5 rings (SSSR count). The number of fused-ring (bicyclic) bond motifs is 1. The molecule has 0 saturated carbocycles. The molecule has 0 saturated heterocycles. The topological polar surface area (TPSA) is 49.0 Å². The van der Waals surface area contributed by atoms with E-state index in [0.29, 0.717) is 5.69 Å². The van der Waals surface area contributed by atoms with E-state index in [9.17, 15) is 4.79 Å². The van der Waals surface area contributed by atoms with Crippen molar-refractivity contribution in [3.8, 4) is 11.3 Å². The minimum atomic E-state index is -0.221. The third-order valence-electron chi connectivity index (χ3n) is 5.24. The molecule has 1 N–H and O–H groups in total. The van der Waals surface area contributed by atoms with Gasteiger partial charge in [-0.1, -0.05) is 78.4 Å². The zero-order chi connectivity index (χ0) is 19.1. The van der Waals surface area contributed by atoms with Crippen LogP contribution in [0.15, 0.2) is 84.9 Å². The number of hydrogen-bond donors (Lipinski definition) is 1. The van der Waals surface area contributed by atoms with E-state index in [2.05, 4.69) is 53.5 Å². The lowest BCUT2D eigenvalue weighted by Gasteiger charge is -2.26. The third-order valence-corrected chi connectivity index (χ3v) is 5.24. The molecule has 0 unspecified atom stereocenters. The number of aromatic nitrogens is 2. The Morgan fingerprint density at radius 3 is 2.18 bits per heavy atom. The summed E-state index contributed by atoms with van der Waals surface area (Å²) in [6.45, 7) is 2.06. The molecule has 0 aliphatic carbocycles. The molecule has 0 fully saturated rings. The van der Waals surface area contributed by atoms with Gasteiger partial charge in [-0.05, 0) is 24.6 Å². The van der Waals surface area contributed by atoms with E-state index in [4.69, 9.17) is 0 Å². The second kappa shape index (κ2) is 6.50. The number of aromatic amines is 1. The van der Waals surface area contributed by atoms with Crippen LogP contribution in [0.5, 0.6) is 0 Å². The molecule has 4 heteroatoms. The monoisotopic (exact) mass is 365 g/mol. The standard InChI is InChI=1S/C24H19N3O/c1-16-12-14-17(15-13-16)21-20-22(26-25-21)24(28)27(19-10-6-3-7-11-19)23(20)18-8-4-2-5-9-18/h2-15,23H,1H3,(H,25,26)/t23-/m1/s1. The quantitative estimate of drug-likeness (QED) is 0.547. The van der Waals surface area contributed by atoms with Crippen LogP contribution in [0, 0.1) is 6.92 Å². The van der Waals surface area contributed by atoms with Crippen molar-refractivity contribution in [1.29, 1.82) is 0 Å². The zero-order valence-corrected chi connectivity index (χ0v) is 15.5. The molecule has 136 valence electrons. The minimum absolute atomic E-state index is 0.0547. The Balaban J connectivity index is 1.72. The average Bonchev–Trinajstić information content (AvgIpc) is 3.29. The van der Waals surface area contributed by atoms with Gasteiger partial charge in [-0.25, -0.2) is 0 Å². The Morgan fingerprint density at radius 1 is 0.857 bits per heavy atom. The third kappa shape index (κ3) is 2.54. The van der Waals surface area contributed by atoms with Gasteiger partial charge in [0, 0.05) is 16.8 Å². The molecule has 1 amide bonds. The summed E-state index contributed by atoms with van der Waals surface area (Å²) < 4.78 is 0. The van der Waals surface area contributed by atoms with Crippen LogP contribution in [0.4, 0.5) is 5.69 Å². The van der Waals surface area contributed by atoms with Crippen molar-refractivity contribution in [2.45, 2.75) is 13.0 Å². The smallest absolute Gasteiger partial charge is 0.277 e. The average molecular weight is 365 g/mol. The highest BCUT2D eigenvalue weighted by Gasteiger charge is 2.42. The van der Waals surface area contributed by atoms with Crippen LogP contribution < -0.4 is 4.90 Å². The molecule has 1 atom stereocenters. The fraction of sp³-hybridized carbons (Fsp3) is 0.0833. The number of nitrogens with zero attached hydrogens (tertiary/aromatic N) is 2. The Labute approximate surface area is 163 Å². The molecule has 3 aromatic carbocycles. The molecule has 0 bridgehead atoms. The van der Waals surface area contributed by atoms with Gasteiger partial charge < -0.3 is 0 Å². The molecular weight excluding hydrogens is 346 g/mol. The Hall–Kier alpha value is -3.66. The molecule has 0 spiro atoms. The van der Waals surface area contributed by atoms with Gasteiger partial charge in [0.05, 0.1) is 11.7 Å². The summed E-state index contributed by atoms with van der Waals surface area (Å²) in [7, 11) is 0. The van der Waals surface area contributed by atoms with Gasteiger partial charge in [-0.3, -0.25) is 14.8 Å². The fourth-order valence-corrected chi connectivity index (χ4v) is 3.88. The molecule has 1 aromatic heterocycles. The zero-order valence-electron chi connectivity index (χ0n) is 15.5. The summed E-state index contributed by atoms with van der Waals surface area (Å²) in [6, 6.07) is 28.0. The van der Waals surface area contributed by atoms with Crippen LogP contribution in [-0.2, 0) is 0 Å². The summed E-state index contributed by atoms with van der Waals surface area (Å²) in [4.78, 5) is 15.2. The van der Waals surface area contributed by atoms with E-state index < -0.39 is 0 Å². The molecule has 1 aliphatic rings. The minimum Gasteiger partial charge on any atom is -0.295 e. The van der Waals surface area contributed by atoms with E-state index >= 15 is 0 Å². The van der Waals surface area contributed by atoms with Crippen LogP contribution in [0.25, 0.3) is 11.3 Å². The van der Waals surface area contributed by atoms with E-state index in [1.807, 2.05) is 53.4 Å². The van der Waals surface area contributed by atoms with E-state index in [1.165, 1.54) is 5.56 Å². The van der Waals surface area contributed by atoms with Crippen molar-refractivity contribution < 1.29 is 4.79 Å². The van der Waals surface area contributed by atoms with Crippen LogP contribution >= 0.6 is 0 Å². The number of rotatable bonds is 3. The predicted molar refractivity (Wildman–Crippen MR) is 110 cm³/mol. The van der Waals surface area contributed by atoms with E-state index in [1.54, 1.807) is 0 Å². The highest BCUT2D eigenvalue weighted by atomic mass is 16.2. The van der Waals surface area contributed by atoms with Crippen molar-refractivity contribution in [2.75, 3.05) is 4.90 Å². The molecular formula is C24H19N3O. The van der Waals surface area contributed by atoms with Crippen molar-refractivity contribution in [3.05, 3.63) is 107 Å². The molecule has 4 nitrogen and oxygen atoms in total. The SMILES string of the molecule is Cc1ccc(-c2n[nH]c3c2[C@@H](c2ccccc2)N(c2ccccc2)C3=O)cc1. The first-order valence-electron chi connectivity index (χ1n) is 9.33. The van der Waals surface area contributed by atoms with Crippen LogP contribution in [0.1, 0.15) is 33.2 Å². The van der Waals surface area contributed by atoms with Crippen LogP contribution in [0.2, 0.25) is 0 Å².